The zero-order valence-electron chi connectivity index (χ0n) is 9.59. The van der Waals surface area contributed by atoms with Gasteiger partial charge in [0.1, 0.15) is 0 Å². The number of carbonyl (C=O) groups is 1. The third kappa shape index (κ3) is 2.98. The molecule has 1 heterocycles. The van der Waals surface area contributed by atoms with Crippen molar-refractivity contribution in [1.29, 1.82) is 0 Å². The second-order valence-electron chi connectivity index (χ2n) is 5.31. The minimum Gasteiger partial charge on any atom is -0.469 e. The number of hydrogen-bond acceptors (Lipinski definition) is 3. The fraction of sp³-hybridized carbons (Fsp3) is 0.909. The van der Waals surface area contributed by atoms with Crippen molar-refractivity contribution in [3.8, 4) is 0 Å². The van der Waals surface area contributed by atoms with Gasteiger partial charge in [-0.05, 0) is 24.3 Å². The molecule has 82 valence electrons. The van der Waals surface area contributed by atoms with Crippen molar-refractivity contribution in [3.63, 3.8) is 0 Å². The molecular weight excluding hydrogens is 178 g/mol. The Morgan fingerprint density at radius 3 is 2.57 bits per heavy atom. The van der Waals surface area contributed by atoms with Gasteiger partial charge in [0.15, 0.2) is 0 Å². The molecule has 1 fully saturated rings. The lowest BCUT2D eigenvalue weighted by Crippen LogP contribution is -2.27. The Bertz CT molecular complexity index is 208. The van der Waals surface area contributed by atoms with Gasteiger partial charge in [0.25, 0.3) is 0 Å². The first kappa shape index (κ1) is 11.5. The summed E-state index contributed by atoms with van der Waals surface area (Å²) < 4.78 is 4.80. The molecular formula is C11H21NO2. The molecule has 0 spiro atoms. The highest BCUT2D eigenvalue weighted by molar-refractivity contribution is 5.73. The average molecular weight is 199 g/mol. The Kier molecular flexibility index (Phi) is 3.53. The van der Waals surface area contributed by atoms with Gasteiger partial charge in [-0.1, -0.05) is 20.8 Å². The van der Waals surface area contributed by atoms with Crippen LogP contribution in [0.5, 0.6) is 0 Å². The number of nitrogens with one attached hydrogen (secondary N) is 1. The van der Waals surface area contributed by atoms with Crippen LogP contribution in [-0.4, -0.2) is 26.2 Å². The molecule has 0 bridgehead atoms. The molecule has 0 aromatic carbocycles. The maximum absolute atomic E-state index is 11.4. The van der Waals surface area contributed by atoms with Crippen LogP contribution in [0.4, 0.5) is 0 Å². The number of esters is 1. The summed E-state index contributed by atoms with van der Waals surface area (Å²) >= 11 is 0. The lowest BCUT2D eigenvalue weighted by molar-refractivity contribution is -0.146. The van der Waals surface area contributed by atoms with E-state index < -0.39 is 0 Å². The fourth-order valence-electron chi connectivity index (χ4n) is 2.16. The first-order valence-corrected chi connectivity index (χ1v) is 5.22. The standard InChI is InChI=1S/C11H21NO2/c1-11(2,3)5-8-6-12-7-9(8)10(13)14-4/h8-9,12H,5-7H2,1-4H3/t8-,9-/m1/s1. The molecule has 14 heavy (non-hydrogen) atoms. The zero-order chi connectivity index (χ0) is 10.8. The maximum Gasteiger partial charge on any atom is 0.310 e. The second-order valence-corrected chi connectivity index (χ2v) is 5.31. The third-order valence-electron chi connectivity index (χ3n) is 2.72. The summed E-state index contributed by atoms with van der Waals surface area (Å²) in [5.41, 5.74) is 0.281. The summed E-state index contributed by atoms with van der Waals surface area (Å²) in [7, 11) is 1.47. The van der Waals surface area contributed by atoms with Gasteiger partial charge in [-0.3, -0.25) is 4.79 Å². The van der Waals surface area contributed by atoms with E-state index in [2.05, 4.69) is 26.1 Å². The van der Waals surface area contributed by atoms with Crippen molar-refractivity contribution >= 4 is 5.97 Å². The molecule has 0 aliphatic carbocycles. The Balaban J connectivity index is 2.56. The lowest BCUT2D eigenvalue weighted by Gasteiger charge is -2.25. The first-order valence-electron chi connectivity index (χ1n) is 5.22. The van der Waals surface area contributed by atoms with Crippen molar-refractivity contribution in [1.82, 2.24) is 5.32 Å². The summed E-state index contributed by atoms with van der Waals surface area (Å²) in [4.78, 5) is 11.4. The zero-order valence-corrected chi connectivity index (χ0v) is 9.59. The first-order chi connectivity index (χ1) is 6.44. The van der Waals surface area contributed by atoms with Crippen molar-refractivity contribution in [3.05, 3.63) is 0 Å². The van der Waals surface area contributed by atoms with E-state index in [-0.39, 0.29) is 17.3 Å². The molecule has 1 rings (SSSR count). The van der Waals surface area contributed by atoms with Gasteiger partial charge in [0.05, 0.1) is 13.0 Å². The summed E-state index contributed by atoms with van der Waals surface area (Å²) in [6.45, 7) is 8.34. The number of rotatable bonds is 2. The summed E-state index contributed by atoms with van der Waals surface area (Å²) in [5, 5.41) is 3.26. The summed E-state index contributed by atoms with van der Waals surface area (Å²) in [6, 6.07) is 0. The number of carbonyl (C=O) groups excluding carboxylic acids is 1. The largest absolute Gasteiger partial charge is 0.469 e. The normalized spacial score (nSPS) is 27.7. The molecule has 1 aliphatic rings. The van der Waals surface area contributed by atoms with E-state index in [0.29, 0.717) is 5.92 Å². The number of ether oxygens (including phenoxy) is 1. The number of hydrogen-bond donors (Lipinski definition) is 1. The quantitative estimate of drug-likeness (QED) is 0.684. The Morgan fingerprint density at radius 1 is 1.43 bits per heavy atom. The van der Waals surface area contributed by atoms with E-state index >= 15 is 0 Å². The van der Waals surface area contributed by atoms with Gasteiger partial charge < -0.3 is 10.1 Å². The molecule has 1 N–H and O–H groups in total. The summed E-state index contributed by atoms with van der Waals surface area (Å²) in [6.07, 6.45) is 1.07. The van der Waals surface area contributed by atoms with E-state index in [0.717, 1.165) is 19.5 Å². The van der Waals surface area contributed by atoms with E-state index in [9.17, 15) is 4.79 Å². The van der Waals surface area contributed by atoms with E-state index in [1.165, 1.54) is 7.11 Å². The molecule has 0 saturated carbocycles. The summed E-state index contributed by atoms with van der Waals surface area (Å²) in [5.74, 6) is 0.422. The van der Waals surface area contributed by atoms with Crippen LogP contribution >= 0.6 is 0 Å². The van der Waals surface area contributed by atoms with Gasteiger partial charge in [0, 0.05) is 6.54 Å². The van der Waals surface area contributed by atoms with Crippen LogP contribution in [0.25, 0.3) is 0 Å². The Morgan fingerprint density at radius 2 is 2.07 bits per heavy atom. The van der Waals surface area contributed by atoms with Crippen molar-refractivity contribution in [2.75, 3.05) is 20.2 Å². The molecule has 2 atom stereocenters. The van der Waals surface area contributed by atoms with Crippen LogP contribution < -0.4 is 5.32 Å². The SMILES string of the molecule is COC(=O)[C@@H]1CNC[C@H]1CC(C)(C)C. The van der Waals surface area contributed by atoms with Gasteiger partial charge in [-0.2, -0.15) is 0 Å². The lowest BCUT2D eigenvalue weighted by atomic mass is 9.80. The van der Waals surface area contributed by atoms with Gasteiger partial charge in [-0.15, -0.1) is 0 Å². The van der Waals surface area contributed by atoms with Gasteiger partial charge in [-0.25, -0.2) is 0 Å². The minimum absolute atomic E-state index is 0.0548. The number of methoxy groups -OCH3 is 1. The predicted octanol–water partition coefficient (Wildman–Crippen LogP) is 1.43. The monoisotopic (exact) mass is 199 g/mol. The Hall–Kier alpha value is -0.570. The average Bonchev–Trinajstić information content (AvgIpc) is 2.48. The van der Waals surface area contributed by atoms with Gasteiger partial charge in [0.2, 0.25) is 0 Å². The third-order valence-corrected chi connectivity index (χ3v) is 2.72. The van der Waals surface area contributed by atoms with Crippen molar-refractivity contribution in [2.24, 2.45) is 17.3 Å². The van der Waals surface area contributed by atoms with E-state index in [4.69, 9.17) is 4.74 Å². The van der Waals surface area contributed by atoms with Crippen LogP contribution in [0.15, 0.2) is 0 Å². The van der Waals surface area contributed by atoms with Gasteiger partial charge >= 0.3 is 5.97 Å². The molecule has 1 saturated heterocycles. The smallest absolute Gasteiger partial charge is 0.310 e. The van der Waals surface area contributed by atoms with Crippen molar-refractivity contribution in [2.45, 2.75) is 27.2 Å². The molecule has 3 nitrogen and oxygen atoms in total. The highest BCUT2D eigenvalue weighted by atomic mass is 16.5. The highest BCUT2D eigenvalue weighted by Crippen LogP contribution is 2.31. The maximum atomic E-state index is 11.4. The van der Waals surface area contributed by atoms with E-state index in [1.54, 1.807) is 0 Å². The van der Waals surface area contributed by atoms with Crippen LogP contribution in [0.3, 0.4) is 0 Å². The predicted molar refractivity (Wildman–Crippen MR) is 55.9 cm³/mol. The molecule has 0 unspecified atom stereocenters. The molecule has 1 aliphatic heterocycles. The Labute approximate surface area is 86.2 Å². The van der Waals surface area contributed by atoms with E-state index in [1.807, 2.05) is 0 Å². The van der Waals surface area contributed by atoms with Crippen LogP contribution in [0.2, 0.25) is 0 Å². The fourth-order valence-corrected chi connectivity index (χ4v) is 2.16. The molecule has 0 aromatic heterocycles. The molecule has 0 amide bonds. The topological polar surface area (TPSA) is 38.3 Å². The highest BCUT2D eigenvalue weighted by Gasteiger charge is 2.35. The van der Waals surface area contributed by atoms with Crippen LogP contribution in [0.1, 0.15) is 27.2 Å². The van der Waals surface area contributed by atoms with Crippen LogP contribution in [0, 0.1) is 17.3 Å². The molecule has 3 heteroatoms. The van der Waals surface area contributed by atoms with Crippen molar-refractivity contribution < 1.29 is 9.53 Å². The molecule has 0 radical (unpaired) electrons. The van der Waals surface area contributed by atoms with Crippen LogP contribution in [-0.2, 0) is 9.53 Å². The second kappa shape index (κ2) is 4.30. The molecule has 0 aromatic rings. The minimum atomic E-state index is -0.0655.